The standard InChI is InChI=1S/C18H28N4O3/c1-12-13(6-3-2-4-9-16(20)23)7-5-8-15(12)22-18(25)14(19)10-11-17(21)24/h5,7-8,14H,2-4,6,9-11,19H2,1H3,(H2,20,23)(H2,21,24)(H,22,25)/t14-/m0/s1. The average Bonchev–Trinajstić information content (AvgIpc) is 2.55. The molecule has 3 amide bonds. The largest absolute Gasteiger partial charge is 0.370 e. The molecule has 7 nitrogen and oxygen atoms in total. The van der Waals surface area contributed by atoms with Crippen LogP contribution in [0.25, 0.3) is 0 Å². The predicted molar refractivity (Wildman–Crippen MR) is 97.6 cm³/mol. The molecular weight excluding hydrogens is 320 g/mol. The second-order valence-corrected chi connectivity index (χ2v) is 6.22. The summed E-state index contributed by atoms with van der Waals surface area (Å²) in [5.74, 6) is -1.07. The van der Waals surface area contributed by atoms with Gasteiger partial charge in [-0.2, -0.15) is 0 Å². The monoisotopic (exact) mass is 348 g/mol. The number of nitrogens with one attached hydrogen (secondary N) is 1. The maximum atomic E-state index is 12.1. The van der Waals surface area contributed by atoms with E-state index in [4.69, 9.17) is 17.2 Å². The van der Waals surface area contributed by atoms with Gasteiger partial charge in [0.05, 0.1) is 6.04 Å². The second kappa shape index (κ2) is 10.5. The van der Waals surface area contributed by atoms with Gasteiger partial charge in [0.1, 0.15) is 0 Å². The van der Waals surface area contributed by atoms with Gasteiger partial charge in [-0.1, -0.05) is 18.6 Å². The van der Waals surface area contributed by atoms with Crippen molar-refractivity contribution in [2.45, 2.75) is 57.9 Å². The molecule has 0 aliphatic heterocycles. The Labute approximate surface area is 148 Å². The average molecular weight is 348 g/mol. The second-order valence-electron chi connectivity index (χ2n) is 6.22. The van der Waals surface area contributed by atoms with Crippen molar-refractivity contribution >= 4 is 23.4 Å². The third-order valence-corrected chi connectivity index (χ3v) is 4.11. The number of anilines is 1. The lowest BCUT2D eigenvalue weighted by atomic mass is 10.00. The number of primary amides is 2. The minimum Gasteiger partial charge on any atom is -0.370 e. The van der Waals surface area contributed by atoms with Gasteiger partial charge in [-0.05, 0) is 49.8 Å². The molecule has 1 rings (SSSR count). The van der Waals surface area contributed by atoms with Gasteiger partial charge < -0.3 is 22.5 Å². The summed E-state index contributed by atoms with van der Waals surface area (Å²) < 4.78 is 0. The molecule has 7 heteroatoms. The number of carbonyl (C=O) groups is 3. The molecular formula is C18H28N4O3. The maximum Gasteiger partial charge on any atom is 0.241 e. The van der Waals surface area contributed by atoms with Crippen LogP contribution in [0.1, 0.15) is 49.7 Å². The molecule has 0 aromatic heterocycles. The molecule has 0 aliphatic carbocycles. The fourth-order valence-electron chi connectivity index (χ4n) is 2.54. The normalized spacial score (nSPS) is 11.8. The van der Waals surface area contributed by atoms with E-state index in [-0.39, 0.29) is 24.7 Å². The van der Waals surface area contributed by atoms with E-state index in [2.05, 4.69) is 5.32 Å². The topological polar surface area (TPSA) is 141 Å². The molecule has 0 heterocycles. The van der Waals surface area contributed by atoms with Crippen LogP contribution in [0.3, 0.4) is 0 Å². The molecule has 0 fully saturated rings. The highest BCUT2D eigenvalue weighted by molar-refractivity contribution is 5.95. The van der Waals surface area contributed by atoms with Crippen LogP contribution in [0.15, 0.2) is 18.2 Å². The molecule has 0 spiro atoms. The van der Waals surface area contributed by atoms with E-state index in [0.29, 0.717) is 12.1 Å². The van der Waals surface area contributed by atoms with Crippen LogP contribution in [0.4, 0.5) is 5.69 Å². The Morgan fingerprint density at radius 3 is 2.36 bits per heavy atom. The van der Waals surface area contributed by atoms with E-state index in [0.717, 1.165) is 36.8 Å². The fourth-order valence-corrected chi connectivity index (χ4v) is 2.54. The molecule has 0 radical (unpaired) electrons. The predicted octanol–water partition coefficient (Wildman–Crippen LogP) is 1.11. The van der Waals surface area contributed by atoms with Gasteiger partial charge in [-0.3, -0.25) is 14.4 Å². The first-order chi connectivity index (χ1) is 11.8. The van der Waals surface area contributed by atoms with E-state index < -0.39 is 11.9 Å². The summed E-state index contributed by atoms with van der Waals surface area (Å²) in [5, 5.41) is 2.81. The molecule has 138 valence electrons. The number of hydrogen-bond acceptors (Lipinski definition) is 4. The Bertz CT molecular complexity index is 616. The van der Waals surface area contributed by atoms with E-state index in [9.17, 15) is 14.4 Å². The molecule has 25 heavy (non-hydrogen) atoms. The van der Waals surface area contributed by atoms with Crippen molar-refractivity contribution in [1.82, 2.24) is 0 Å². The van der Waals surface area contributed by atoms with Crippen LogP contribution in [0, 0.1) is 6.92 Å². The Hall–Kier alpha value is -2.41. The maximum absolute atomic E-state index is 12.1. The molecule has 1 atom stereocenters. The zero-order valence-corrected chi connectivity index (χ0v) is 14.7. The summed E-state index contributed by atoms with van der Waals surface area (Å²) in [6.07, 6.45) is 4.25. The van der Waals surface area contributed by atoms with Crippen LogP contribution in [0.5, 0.6) is 0 Å². The quantitative estimate of drug-likeness (QED) is 0.444. The minimum absolute atomic E-state index is 0.0823. The summed E-state index contributed by atoms with van der Waals surface area (Å²) in [5.41, 5.74) is 18.8. The highest BCUT2D eigenvalue weighted by atomic mass is 16.2. The summed E-state index contributed by atoms with van der Waals surface area (Å²) in [7, 11) is 0. The van der Waals surface area contributed by atoms with Crippen LogP contribution < -0.4 is 22.5 Å². The van der Waals surface area contributed by atoms with Crippen molar-refractivity contribution in [2.24, 2.45) is 17.2 Å². The summed E-state index contributed by atoms with van der Waals surface area (Å²) in [4.78, 5) is 33.6. The summed E-state index contributed by atoms with van der Waals surface area (Å²) >= 11 is 0. The highest BCUT2D eigenvalue weighted by Crippen LogP contribution is 2.21. The van der Waals surface area contributed by atoms with Gasteiger partial charge in [0.2, 0.25) is 17.7 Å². The Morgan fingerprint density at radius 1 is 1.04 bits per heavy atom. The first-order valence-electron chi connectivity index (χ1n) is 8.52. The Morgan fingerprint density at radius 2 is 1.72 bits per heavy atom. The number of amides is 3. The van der Waals surface area contributed by atoms with Crippen LogP contribution in [-0.2, 0) is 20.8 Å². The van der Waals surface area contributed by atoms with Crippen molar-refractivity contribution in [2.75, 3.05) is 5.32 Å². The van der Waals surface area contributed by atoms with Crippen molar-refractivity contribution < 1.29 is 14.4 Å². The number of unbranched alkanes of at least 4 members (excludes halogenated alkanes) is 2. The van der Waals surface area contributed by atoms with E-state index in [1.165, 1.54) is 0 Å². The molecule has 0 aliphatic rings. The van der Waals surface area contributed by atoms with Gasteiger partial charge >= 0.3 is 0 Å². The van der Waals surface area contributed by atoms with E-state index in [1.807, 2.05) is 25.1 Å². The molecule has 1 aromatic carbocycles. The number of carbonyl (C=O) groups excluding carboxylic acids is 3. The van der Waals surface area contributed by atoms with Crippen LogP contribution in [0.2, 0.25) is 0 Å². The number of benzene rings is 1. The van der Waals surface area contributed by atoms with Crippen molar-refractivity contribution in [3.05, 3.63) is 29.3 Å². The molecule has 0 saturated heterocycles. The fraction of sp³-hybridized carbons (Fsp3) is 0.500. The van der Waals surface area contributed by atoms with Crippen molar-refractivity contribution in [1.29, 1.82) is 0 Å². The lowest BCUT2D eigenvalue weighted by molar-refractivity contribution is -0.120. The van der Waals surface area contributed by atoms with Gasteiger partial charge in [-0.15, -0.1) is 0 Å². The third-order valence-electron chi connectivity index (χ3n) is 4.11. The number of nitrogens with two attached hydrogens (primary N) is 3. The highest BCUT2D eigenvalue weighted by Gasteiger charge is 2.16. The van der Waals surface area contributed by atoms with Gasteiger partial charge in [0.25, 0.3) is 0 Å². The lowest BCUT2D eigenvalue weighted by Gasteiger charge is -2.15. The van der Waals surface area contributed by atoms with Crippen LogP contribution in [-0.4, -0.2) is 23.8 Å². The lowest BCUT2D eigenvalue weighted by Crippen LogP contribution is -2.36. The first kappa shape index (κ1) is 20.6. The molecule has 0 bridgehead atoms. The Balaban J connectivity index is 2.56. The zero-order chi connectivity index (χ0) is 18.8. The Kier molecular flexibility index (Phi) is 8.63. The molecule has 7 N–H and O–H groups in total. The van der Waals surface area contributed by atoms with Crippen molar-refractivity contribution in [3.63, 3.8) is 0 Å². The van der Waals surface area contributed by atoms with Crippen LogP contribution >= 0.6 is 0 Å². The number of hydrogen-bond donors (Lipinski definition) is 4. The minimum atomic E-state index is -0.774. The van der Waals surface area contributed by atoms with Gasteiger partial charge in [0, 0.05) is 18.5 Å². The molecule has 0 saturated carbocycles. The van der Waals surface area contributed by atoms with E-state index >= 15 is 0 Å². The molecule has 1 aromatic rings. The smallest absolute Gasteiger partial charge is 0.241 e. The first-order valence-corrected chi connectivity index (χ1v) is 8.52. The third kappa shape index (κ3) is 7.80. The van der Waals surface area contributed by atoms with Gasteiger partial charge in [0.15, 0.2) is 0 Å². The van der Waals surface area contributed by atoms with Crippen molar-refractivity contribution in [3.8, 4) is 0 Å². The number of aryl methyl sites for hydroxylation is 1. The summed E-state index contributed by atoms with van der Waals surface area (Å²) in [6.45, 7) is 1.95. The zero-order valence-electron chi connectivity index (χ0n) is 14.7. The van der Waals surface area contributed by atoms with Gasteiger partial charge in [-0.25, -0.2) is 0 Å². The SMILES string of the molecule is Cc1c(CCCCCC(N)=O)cccc1NC(=O)[C@@H](N)CCC(N)=O. The number of rotatable bonds is 11. The molecule has 0 unspecified atom stereocenters. The van der Waals surface area contributed by atoms with E-state index in [1.54, 1.807) is 0 Å². The summed E-state index contributed by atoms with van der Waals surface area (Å²) in [6, 6.07) is 4.96.